The van der Waals surface area contributed by atoms with Crippen molar-refractivity contribution in [3.05, 3.63) is 10.6 Å². The van der Waals surface area contributed by atoms with E-state index in [4.69, 9.17) is 9.72 Å². The lowest BCUT2D eigenvalue weighted by atomic mass is 9.85. The summed E-state index contributed by atoms with van der Waals surface area (Å²) in [5.74, 6) is 0.872. The van der Waals surface area contributed by atoms with E-state index in [9.17, 15) is 0 Å². The van der Waals surface area contributed by atoms with Crippen LogP contribution in [0.3, 0.4) is 0 Å². The third-order valence-electron chi connectivity index (χ3n) is 3.67. The van der Waals surface area contributed by atoms with Gasteiger partial charge in [0.15, 0.2) is 5.13 Å². The maximum atomic E-state index is 5.25. The second-order valence-electron chi connectivity index (χ2n) is 5.26. The van der Waals surface area contributed by atoms with Gasteiger partial charge < -0.3 is 15.0 Å². The standard InChI is InChI=1S/C14H25N3OS/c1-4-15-8-13-12(10-18-3)16-14(19-13)17(2)9-11-6-5-7-11/h11,15H,4-10H2,1-3H3. The molecule has 2 rings (SSSR count). The van der Waals surface area contributed by atoms with Crippen LogP contribution in [-0.2, 0) is 17.9 Å². The number of nitrogens with zero attached hydrogens (tertiary/aromatic N) is 2. The fourth-order valence-corrected chi connectivity index (χ4v) is 3.30. The Labute approximate surface area is 120 Å². The quantitative estimate of drug-likeness (QED) is 0.796. The van der Waals surface area contributed by atoms with E-state index in [1.54, 1.807) is 18.4 Å². The molecule has 0 unspecified atom stereocenters. The van der Waals surface area contributed by atoms with Crippen LogP contribution >= 0.6 is 11.3 Å². The predicted molar refractivity (Wildman–Crippen MR) is 80.8 cm³/mol. The van der Waals surface area contributed by atoms with Gasteiger partial charge in [0.05, 0.1) is 12.3 Å². The van der Waals surface area contributed by atoms with Crippen LogP contribution in [0.5, 0.6) is 0 Å². The summed E-state index contributed by atoms with van der Waals surface area (Å²) in [6.45, 7) is 5.75. The molecule has 1 aliphatic rings. The highest BCUT2D eigenvalue weighted by molar-refractivity contribution is 7.15. The van der Waals surface area contributed by atoms with Crippen molar-refractivity contribution >= 4 is 16.5 Å². The monoisotopic (exact) mass is 283 g/mol. The highest BCUT2D eigenvalue weighted by Crippen LogP contribution is 2.31. The van der Waals surface area contributed by atoms with Crippen LogP contribution in [0.25, 0.3) is 0 Å². The third kappa shape index (κ3) is 3.91. The van der Waals surface area contributed by atoms with E-state index in [1.165, 1.54) is 24.1 Å². The highest BCUT2D eigenvalue weighted by atomic mass is 32.1. The summed E-state index contributed by atoms with van der Waals surface area (Å²) in [5.41, 5.74) is 1.09. The molecule has 0 spiro atoms. The summed E-state index contributed by atoms with van der Waals surface area (Å²) < 4.78 is 5.25. The minimum Gasteiger partial charge on any atom is -0.378 e. The third-order valence-corrected chi connectivity index (χ3v) is 4.88. The molecule has 108 valence electrons. The Hall–Kier alpha value is -0.650. The molecule has 0 atom stereocenters. The smallest absolute Gasteiger partial charge is 0.185 e. The summed E-state index contributed by atoms with van der Waals surface area (Å²) in [5, 5.41) is 4.51. The Bertz CT molecular complexity index is 390. The number of rotatable bonds is 8. The van der Waals surface area contributed by atoms with E-state index >= 15 is 0 Å². The lowest BCUT2D eigenvalue weighted by Gasteiger charge is -2.29. The maximum absolute atomic E-state index is 5.25. The largest absolute Gasteiger partial charge is 0.378 e. The van der Waals surface area contributed by atoms with E-state index in [2.05, 4.69) is 24.2 Å². The predicted octanol–water partition coefficient (Wildman–Crippen LogP) is 2.64. The molecule has 1 fully saturated rings. The van der Waals surface area contributed by atoms with Crippen LogP contribution in [0.15, 0.2) is 0 Å². The molecule has 1 heterocycles. The van der Waals surface area contributed by atoms with E-state index in [-0.39, 0.29) is 0 Å². The topological polar surface area (TPSA) is 37.4 Å². The minimum absolute atomic E-state index is 0.606. The number of anilines is 1. The van der Waals surface area contributed by atoms with Gasteiger partial charge in [-0.25, -0.2) is 4.98 Å². The van der Waals surface area contributed by atoms with Crippen molar-refractivity contribution in [3.8, 4) is 0 Å². The van der Waals surface area contributed by atoms with E-state index in [0.717, 1.165) is 36.4 Å². The van der Waals surface area contributed by atoms with Gasteiger partial charge in [0.25, 0.3) is 0 Å². The van der Waals surface area contributed by atoms with Gasteiger partial charge in [-0.3, -0.25) is 0 Å². The molecule has 1 aromatic heterocycles. The van der Waals surface area contributed by atoms with Crippen LogP contribution < -0.4 is 10.2 Å². The van der Waals surface area contributed by atoms with Gasteiger partial charge >= 0.3 is 0 Å². The Morgan fingerprint density at radius 1 is 1.47 bits per heavy atom. The summed E-state index contributed by atoms with van der Waals surface area (Å²) in [7, 11) is 3.89. The Kier molecular flexibility index (Phi) is 5.60. The summed E-state index contributed by atoms with van der Waals surface area (Å²) in [4.78, 5) is 8.36. The average Bonchev–Trinajstić information content (AvgIpc) is 2.75. The van der Waals surface area contributed by atoms with E-state index in [1.807, 2.05) is 0 Å². The molecular weight excluding hydrogens is 258 g/mol. The lowest BCUT2D eigenvalue weighted by Crippen LogP contribution is -2.29. The minimum atomic E-state index is 0.606. The van der Waals surface area contributed by atoms with Gasteiger partial charge in [-0.1, -0.05) is 13.3 Å². The molecule has 5 heteroatoms. The molecule has 1 N–H and O–H groups in total. The van der Waals surface area contributed by atoms with Gasteiger partial charge in [0, 0.05) is 32.1 Å². The fraction of sp³-hybridized carbons (Fsp3) is 0.786. The second-order valence-corrected chi connectivity index (χ2v) is 6.32. The zero-order valence-corrected chi connectivity index (χ0v) is 13.1. The normalized spacial score (nSPS) is 15.5. The summed E-state index contributed by atoms with van der Waals surface area (Å²) in [6, 6.07) is 0. The molecule has 19 heavy (non-hydrogen) atoms. The molecule has 0 bridgehead atoms. The Morgan fingerprint density at radius 3 is 2.84 bits per heavy atom. The first-order chi connectivity index (χ1) is 9.24. The SMILES string of the molecule is CCNCc1sc(N(C)CC2CCC2)nc1COC. The molecule has 0 saturated heterocycles. The van der Waals surface area contributed by atoms with Crippen LogP contribution in [0.1, 0.15) is 36.8 Å². The molecule has 1 aromatic rings. The molecule has 0 radical (unpaired) electrons. The average molecular weight is 283 g/mol. The van der Waals surface area contributed by atoms with E-state index < -0.39 is 0 Å². The number of ether oxygens (including phenoxy) is 1. The molecule has 4 nitrogen and oxygen atoms in total. The zero-order valence-electron chi connectivity index (χ0n) is 12.2. The number of hydrogen-bond donors (Lipinski definition) is 1. The number of methoxy groups -OCH3 is 1. The molecule has 1 saturated carbocycles. The second kappa shape index (κ2) is 7.22. The van der Waals surface area contributed by atoms with Crippen molar-refractivity contribution in [3.63, 3.8) is 0 Å². The molecule has 0 aliphatic heterocycles. The summed E-state index contributed by atoms with van der Waals surface area (Å²) >= 11 is 1.80. The van der Waals surface area contributed by atoms with Crippen LogP contribution in [0, 0.1) is 5.92 Å². The van der Waals surface area contributed by atoms with Crippen molar-refractivity contribution in [2.45, 2.75) is 39.3 Å². The van der Waals surface area contributed by atoms with Gasteiger partial charge in [0.1, 0.15) is 0 Å². The Balaban J connectivity index is 2.01. The van der Waals surface area contributed by atoms with Crippen LogP contribution in [0.4, 0.5) is 5.13 Å². The van der Waals surface area contributed by atoms with Gasteiger partial charge in [-0.05, 0) is 25.3 Å². The molecule has 0 amide bonds. The molecular formula is C14H25N3OS. The van der Waals surface area contributed by atoms with Gasteiger partial charge in [-0.2, -0.15) is 0 Å². The number of thiazole rings is 1. The first-order valence-electron chi connectivity index (χ1n) is 7.14. The first kappa shape index (κ1) is 14.8. The van der Waals surface area contributed by atoms with Crippen LogP contribution in [0.2, 0.25) is 0 Å². The summed E-state index contributed by atoms with van der Waals surface area (Å²) in [6.07, 6.45) is 4.16. The van der Waals surface area contributed by atoms with E-state index in [0.29, 0.717) is 6.61 Å². The van der Waals surface area contributed by atoms with Crippen molar-refractivity contribution in [1.82, 2.24) is 10.3 Å². The molecule has 1 aliphatic carbocycles. The first-order valence-corrected chi connectivity index (χ1v) is 7.95. The molecule has 0 aromatic carbocycles. The number of hydrogen-bond acceptors (Lipinski definition) is 5. The maximum Gasteiger partial charge on any atom is 0.185 e. The van der Waals surface area contributed by atoms with Crippen molar-refractivity contribution in [2.75, 3.05) is 32.1 Å². The van der Waals surface area contributed by atoms with Crippen molar-refractivity contribution in [2.24, 2.45) is 5.92 Å². The van der Waals surface area contributed by atoms with Crippen LogP contribution in [-0.4, -0.2) is 32.2 Å². The van der Waals surface area contributed by atoms with Crippen molar-refractivity contribution < 1.29 is 4.74 Å². The van der Waals surface area contributed by atoms with Gasteiger partial charge in [0.2, 0.25) is 0 Å². The number of nitrogens with one attached hydrogen (secondary N) is 1. The number of aromatic nitrogens is 1. The van der Waals surface area contributed by atoms with Crippen molar-refractivity contribution in [1.29, 1.82) is 0 Å². The lowest BCUT2D eigenvalue weighted by molar-refractivity contribution is 0.181. The van der Waals surface area contributed by atoms with Gasteiger partial charge in [-0.15, -0.1) is 11.3 Å². The fourth-order valence-electron chi connectivity index (χ4n) is 2.30. The zero-order chi connectivity index (χ0) is 13.7. The Morgan fingerprint density at radius 2 is 2.26 bits per heavy atom. The highest BCUT2D eigenvalue weighted by Gasteiger charge is 2.21.